The van der Waals surface area contributed by atoms with Gasteiger partial charge in [0.25, 0.3) is 0 Å². The van der Waals surface area contributed by atoms with Gasteiger partial charge in [-0.3, -0.25) is 0 Å². The number of aryl methyl sites for hydroxylation is 1. The van der Waals surface area contributed by atoms with E-state index in [-0.39, 0.29) is 6.04 Å². The number of hydrogen-bond acceptors (Lipinski definition) is 4. The van der Waals surface area contributed by atoms with Crippen LogP contribution in [-0.4, -0.2) is 32.2 Å². The van der Waals surface area contributed by atoms with E-state index in [9.17, 15) is 0 Å². The minimum atomic E-state index is -0.474. The fourth-order valence-electron chi connectivity index (χ4n) is 2.29. The monoisotopic (exact) mass is 265 g/mol. The van der Waals surface area contributed by atoms with Gasteiger partial charge in [0.15, 0.2) is 5.79 Å². The summed E-state index contributed by atoms with van der Waals surface area (Å²) in [5.41, 5.74) is 3.33. The third-order valence-electron chi connectivity index (χ3n) is 3.43. The van der Waals surface area contributed by atoms with E-state index in [1.807, 2.05) is 20.8 Å². The van der Waals surface area contributed by atoms with Gasteiger partial charge in [-0.1, -0.05) is 6.07 Å². The van der Waals surface area contributed by atoms with Crippen LogP contribution in [0.2, 0.25) is 0 Å². The van der Waals surface area contributed by atoms with Crippen LogP contribution in [0.4, 0.5) is 5.69 Å². The first-order valence-electron chi connectivity index (χ1n) is 6.61. The number of benzene rings is 1. The Morgan fingerprint density at radius 1 is 1.21 bits per heavy atom. The van der Waals surface area contributed by atoms with Crippen molar-refractivity contribution < 1.29 is 14.2 Å². The standard InChI is InChI=1S/C15H23NO3/c1-10-6-7-13(11(2)14(10)17-5)16-12-8-18-15(3,4)19-9-12/h6-7,12,16H,8-9H2,1-5H3. The summed E-state index contributed by atoms with van der Waals surface area (Å²) in [5.74, 6) is 0.459. The first-order chi connectivity index (χ1) is 8.93. The van der Waals surface area contributed by atoms with Crippen molar-refractivity contribution in [3.8, 4) is 5.75 Å². The molecule has 1 aromatic carbocycles. The Morgan fingerprint density at radius 2 is 1.84 bits per heavy atom. The Morgan fingerprint density at radius 3 is 2.42 bits per heavy atom. The highest BCUT2D eigenvalue weighted by atomic mass is 16.7. The largest absolute Gasteiger partial charge is 0.496 e. The molecule has 1 saturated heterocycles. The third kappa shape index (κ3) is 3.19. The van der Waals surface area contributed by atoms with Crippen LogP contribution in [0, 0.1) is 13.8 Å². The SMILES string of the molecule is COc1c(C)ccc(NC2COC(C)(C)OC2)c1C. The summed E-state index contributed by atoms with van der Waals surface area (Å²) in [6.07, 6.45) is 0. The van der Waals surface area contributed by atoms with Crippen molar-refractivity contribution in [3.05, 3.63) is 23.3 Å². The molecule has 0 amide bonds. The number of ether oxygens (including phenoxy) is 3. The second kappa shape index (κ2) is 5.39. The normalized spacial score (nSPS) is 19.2. The van der Waals surface area contributed by atoms with Gasteiger partial charge in [-0.2, -0.15) is 0 Å². The van der Waals surface area contributed by atoms with E-state index in [4.69, 9.17) is 14.2 Å². The lowest BCUT2D eigenvalue weighted by atomic mass is 10.1. The Labute approximate surface area is 115 Å². The van der Waals surface area contributed by atoms with Crippen molar-refractivity contribution >= 4 is 5.69 Å². The van der Waals surface area contributed by atoms with Crippen molar-refractivity contribution in [1.82, 2.24) is 0 Å². The fraction of sp³-hybridized carbons (Fsp3) is 0.600. The molecule has 0 bridgehead atoms. The van der Waals surface area contributed by atoms with Gasteiger partial charge in [0, 0.05) is 11.3 Å². The van der Waals surface area contributed by atoms with Gasteiger partial charge in [-0.15, -0.1) is 0 Å². The maximum absolute atomic E-state index is 5.65. The molecule has 19 heavy (non-hydrogen) atoms. The van der Waals surface area contributed by atoms with Crippen LogP contribution in [0.15, 0.2) is 12.1 Å². The first kappa shape index (κ1) is 14.2. The average Bonchev–Trinajstić information content (AvgIpc) is 2.36. The minimum absolute atomic E-state index is 0.166. The van der Waals surface area contributed by atoms with E-state index >= 15 is 0 Å². The fourth-order valence-corrected chi connectivity index (χ4v) is 2.29. The summed E-state index contributed by atoms with van der Waals surface area (Å²) in [5, 5.41) is 3.46. The molecular formula is C15H23NO3. The minimum Gasteiger partial charge on any atom is -0.496 e. The number of anilines is 1. The Kier molecular flexibility index (Phi) is 4.02. The topological polar surface area (TPSA) is 39.7 Å². The van der Waals surface area contributed by atoms with E-state index in [0.717, 1.165) is 22.6 Å². The molecule has 0 saturated carbocycles. The summed E-state index contributed by atoms with van der Waals surface area (Å²) >= 11 is 0. The van der Waals surface area contributed by atoms with Crippen LogP contribution in [-0.2, 0) is 9.47 Å². The van der Waals surface area contributed by atoms with Gasteiger partial charge in [-0.05, 0) is 39.3 Å². The van der Waals surface area contributed by atoms with Gasteiger partial charge in [-0.25, -0.2) is 0 Å². The van der Waals surface area contributed by atoms with Crippen molar-refractivity contribution in [2.45, 2.75) is 39.5 Å². The van der Waals surface area contributed by atoms with Crippen LogP contribution in [0.3, 0.4) is 0 Å². The van der Waals surface area contributed by atoms with Crippen LogP contribution >= 0.6 is 0 Å². The summed E-state index contributed by atoms with van der Waals surface area (Å²) < 4.78 is 16.7. The molecule has 0 atom stereocenters. The molecule has 1 fully saturated rings. The van der Waals surface area contributed by atoms with Crippen molar-refractivity contribution in [1.29, 1.82) is 0 Å². The maximum Gasteiger partial charge on any atom is 0.162 e. The number of rotatable bonds is 3. The highest BCUT2D eigenvalue weighted by Gasteiger charge is 2.28. The van der Waals surface area contributed by atoms with Crippen LogP contribution in [0.25, 0.3) is 0 Å². The van der Waals surface area contributed by atoms with E-state index in [1.54, 1.807) is 7.11 Å². The van der Waals surface area contributed by atoms with Crippen molar-refractivity contribution in [2.75, 3.05) is 25.6 Å². The zero-order valence-corrected chi connectivity index (χ0v) is 12.4. The molecule has 0 radical (unpaired) electrons. The summed E-state index contributed by atoms with van der Waals surface area (Å²) in [6.45, 7) is 9.26. The second-order valence-electron chi connectivity index (χ2n) is 5.45. The molecule has 1 aliphatic heterocycles. The molecule has 4 heteroatoms. The lowest BCUT2D eigenvalue weighted by Gasteiger charge is -2.35. The molecule has 0 aromatic heterocycles. The Hall–Kier alpha value is -1.26. The molecule has 0 aliphatic carbocycles. The van der Waals surface area contributed by atoms with Crippen LogP contribution < -0.4 is 10.1 Å². The average molecular weight is 265 g/mol. The van der Waals surface area contributed by atoms with Gasteiger partial charge >= 0.3 is 0 Å². The van der Waals surface area contributed by atoms with E-state index in [2.05, 4.69) is 24.4 Å². The predicted octanol–water partition coefficient (Wildman–Crippen LogP) is 2.88. The lowest BCUT2D eigenvalue weighted by molar-refractivity contribution is -0.247. The van der Waals surface area contributed by atoms with E-state index in [1.165, 1.54) is 0 Å². The quantitative estimate of drug-likeness (QED) is 0.912. The predicted molar refractivity (Wildman–Crippen MR) is 75.9 cm³/mol. The molecule has 4 nitrogen and oxygen atoms in total. The smallest absolute Gasteiger partial charge is 0.162 e. The summed E-state index contributed by atoms with van der Waals surface area (Å²) in [7, 11) is 1.70. The molecule has 1 aliphatic rings. The van der Waals surface area contributed by atoms with E-state index in [0.29, 0.717) is 13.2 Å². The molecular weight excluding hydrogens is 242 g/mol. The van der Waals surface area contributed by atoms with Gasteiger partial charge in [0.05, 0.1) is 26.4 Å². The zero-order valence-electron chi connectivity index (χ0n) is 12.4. The van der Waals surface area contributed by atoms with Gasteiger partial charge < -0.3 is 19.5 Å². The van der Waals surface area contributed by atoms with E-state index < -0.39 is 5.79 Å². The van der Waals surface area contributed by atoms with Gasteiger partial charge in [0.2, 0.25) is 0 Å². The van der Waals surface area contributed by atoms with Crippen molar-refractivity contribution in [2.24, 2.45) is 0 Å². The molecule has 1 heterocycles. The third-order valence-corrected chi connectivity index (χ3v) is 3.43. The molecule has 1 aromatic rings. The number of hydrogen-bond donors (Lipinski definition) is 1. The maximum atomic E-state index is 5.65. The van der Waals surface area contributed by atoms with Crippen LogP contribution in [0.1, 0.15) is 25.0 Å². The summed E-state index contributed by atoms with van der Waals surface area (Å²) in [6, 6.07) is 4.30. The molecule has 2 rings (SSSR count). The highest BCUT2D eigenvalue weighted by molar-refractivity contribution is 5.60. The number of methoxy groups -OCH3 is 1. The first-order valence-corrected chi connectivity index (χ1v) is 6.61. The van der Waals surface area contributed by atoms with Crippen molar-refractivity contribution in [3.63, 3.8) is 0 Å². The summed E-state index contributed by atoms with van der Waals surface area (Å²) in [4.78, 5) is 0. The second-order valence-corrected chi connectivity index (χ2v) is 5.45. The zero-order chi connectivity index (χ0) is 14.0. The molecule has 0 unspecified atom stereocenters. The lowest BCUT2D eigenvalue weighted by Crippen LogP contribution is -2.45. The Balaban J connectivity index is 2.08. The Bertz CT molecular complexity index is 447. The molecule has 1 N–H and O–H groups in total. The molecule has 106 valence electrons. The number of nitrogens with one attached hydrogen (secondary N) is 1. The highest BCUT2D eigenvalue weighted by Crippen LogP contribution is 2.30. The molecule has 0 spiro atoms. The van der Waals surface area contributed by atoms with Crippen LogP contribution in [0.5, 0.6) is 5.75 Å². The van der Waals surface area contributed by atoms with Gasteiger partial charge in [0.1, 0.15) is 5.75 Å².